The van der Waals surface area contributed by atoms with Crippen LogP contribution in [0, 0.1) is 0 Å². The van der Waals surface area contributed by atoms with Crippen LogP contribution in [0.5, 0.6) is 11.5 Å². The van der Waals surface area contributed by atoms with E-state index in [2.05, 4.69) is 0 Å². The predicted molar refractivity (Wildman–Crippen MR) is 69.6 cm³/mol. The van der Waals surface area contributed by atoms with Crippen molar-refractivity contribution in [3.05, 3.63) is 23.8 Å². The molecule has 96 valence electrons. The number of ether oxygens (including phenoxy) is 2. The molecule has 0 radical (unpaired) electrons. The highest BCUT2D eigenvalue weighted by Gasteiger charge is 2.18. The lowest BCUT2D eigenvalue weighted by Crippen LogP contribution is -2.22. The Hall–Kier alpha value is -1.26. The summed E-state index contributed by atoms with van der Waals surface area (Å²) in [5, 5.41) is 0. The lowest BCUT2D eigenvalue weighted by molar-refractivity contribution is 0.312. The first-order valence-corrected chi connectivity index (χ1v) is 6.07. The van der Waals surface area contributed by atoms with E-state index in [-0.39, 0.29) is 5.92 Å². The SMILES string of the molecule is CCOc1cccc(OCC)c1C(CN)CN. The average molecular weight is 238 g/mol. The van der Waals surface area contributed by atoms with Gasteiger partial charge in [0.2, 0.25) is 0 Å². The molecule has 0 aliphatic carbocycles. The summed E-state index contributed by atoms with van der Waals surface area (Å²) in [6.07, 6.45) is 0. The molecule has 0 aliphatic heterocycles. The highest BCUT2D eigenvalue weighted by Crippen LogP contribution is 2.34. The molecule has 0 spiro atoms. The van der Waals surface area contributed by atoms with Gasteiger partial charge in [0.25, 0.3) is 0 Å². The van der Waals surface area contributed by atoms with Gasteiger partial charge in [0.15, 0.2) is 0 Å². The van der Waals surface area contributed by atoms with Crippen LogP contribution in [0.15, 0.2) is 18.2 Å². The maximum atomic E-state index is 5.75. The van der Waals surface area contributed by atoms with Gasteiger partial charge >= 0.3 is 0 Å². The number of rotatable bonds is 7. The molecule has 1 rings (SSSR count). The van der Waals surface area contributed by atoms with Crippen LogP contribution in [0.3, 0.4) is 0 Å². The largest absolute Gasteiger partial charge is 0.493 e. The van der Waals surface area contributed by atoms with Crippen LogP contribution >= 0.6 is 0 Å². The van der Waals surface area contributed by atoms with Crippen molar-refractivity contribution >= 4 is 0 Å². The highest BCUT2D eigenvalue weighted by atomic mass is 16.5. The zero-order chi connectivity index (χ0) is 12.7. The molecular weight excluding hydrogens is 216 g/mol. The molecule has 0 fully saturated rings. The maximum absolute atomic E-state index is 5.75. The van der Waals surface area contributed by atoms with E-state index in [0.29, 0.717) is 26.3 Å². The number of benzene rings is 1. The lowest BCUT2D eigenvalue weighted by atomic mass is 9.97. The summed E-state index contributed by atoms with van der Waals surface area (Å²) >= 11 is 0. The smallest absolute Gasteiger partial charge is 0.126 e. The van der Waals surface area contributed by atoms with E-state index in [1.54, 1.807) is 0 Å². The molecule has 4 heteroatoms. The minimum Gasteiger partial charge on any atom is -0.493 e. The second-order valence-corrected chi connectivity index (χ2v) is 3.70. The van der Waals surface area contributed by atoms with Crippen LogP contribution in [-0.4, -0.2) is 26.3 Å². The van der Waals surface area contributed by atoms with Crippen LogP contribution in [0.4, 0.5) is 0 Å². The van der Waals surface area contributed by atoms with Crippen molar-refractivity contribution in [3.8, 4) is 11.5 Å². The molecule has 0 aliphatic rings. The Kier molecular flexibility index (Phi) is 5.80. The summed E-state index contributed by atoms with van der Waals surface area (Å²) in [5.74, 6) is 1.71. The van der Waals surface area contributed by atoms with Crippen molar-refractivity contribution in [2.75, 3.05) is 26.3 Å². The van der Waals surface area contributed by atoms with Crippen LogP contribution in [0.25, 0.3) is 0 Å². The Bertz CT molecular complexity index is 314. The third-order valence-corrected chi connectivity index (χ3v) is 2.60. The third kappa shape index (κ3) is 3.35. The first-order chi connectivity index (χ1) is 8.28. The Morgan fingerprint density at radius 2 is 1.47 bits per heavy atom. The molecule has 0 atom stereocenters. The third-order valence-electron chi connectivity index (χ3n) is 2.60. The highest BCUT2D eigenvalue weighted by molar-refractivity contribution is 5.47. The van der Waals surface area contributed by atoms with Crippen molar-refractivity contribution in [2.24, 2.45) is 11.5 Å². The van der Waals surface area contributed by atoms with Gasteiger partial charge in [-0.25, -0.2) is 0 Å². The van der Waals surface area contributed by atoms with Gasteiger partial charge in [0, 0.05) is 24.6 Å². The van der Waals surface area contributed by atoms with Gasteiger partial charge in [0.05, 0.1) is 13.2 Å². The van der Waals surface area contributed by atoms with Crippen molar-refractivity contribution in [1.82, 2.24) is 0 Å². The molecule has 0 bridgehead atoms. The van der Waals surface area contributed by atoms with Crippen LogP contribution in [0.1, 0.15) is 25.3 Å². The van der Waals surface area contributed by atoms with Crippen LogP contribution < -0.4 is 20.9 Å². The summed E-state index contributed by atoms with van der Waals surface area (Å²) < 4.78 is 11.2. The van der Waals surface area contributed by atoms with E-state index in [1.807, 2.05) is 32.0 Å². The average Bonchev–Trinajstić information content (AvgIpc) is 2.34. The molecule has 0 heterocycles. The van der Waals surface area contributed by atoms with E-state index in [9.17, 15) is 0 Å². The van der Waals surface area contributed by atoms with Crippen molar-refractivity contribution in [3.63, 3.8) is 0 Å². The predicted octanol–water partition coefficient (Wildman–Crippen LogP) is 1.48. The molecule has 17 heavy (non-hydrogen) atoms. The standard InChI is InChI=1S/C13H22N2O2/c1-3-16-11-6-5-7-12(17-4-2)13(11)10(8-14)9-15/h5-7,10H,3-4,8-9,14-15H2,1-2H3. The Balaban J connectivity index is 3.16. The summed E-state index contributed by atoms with van der Waals surface area (Å²) in [6, 6.07) is 5.78. The summed E-state index contributed by atoms with van der Waals surface area (Å²) in [7, 11) is 0. The first-order valence-electron chi connectivity index (χ1n) is 6.07. The van der Waals surface area contributed by atoms with Crippen molar-refractivity contribution in [1.29, 1.82) is 0 Å². The second-order valence-electron chi connectivity index (χ2n) is 3.70. The molecule has 0 aromatic heterocycles. The van der Waals surface area contributed by atoms with E-state index in [0.717, 1.165) is 17.1 Å². The fourth-order valence-corrected chi connectivity index (χ4v) is 1.82. The molecule has 0 unspecified atom stereocenters. The fourth-order valence-electron chi connectivity index (χ4n) is 1.82. The van der Waals surface area contributed by atoms with Gasteiger partial charge in [0.1, 0.15) is 11.5 Å². The second kappa shape index (κ2) is 7.14. The number of nitrogens with two attached hydrogens (primary N) is 2. The van der Waals surface area contributed by atoms with Crippen LogP contribution in [-0.2, 0) is 0 Å². The van der Waals surface area contributed by atoms with Crippen LogP contribution in [0.2, 0.25) is 0 Å². The number of hydrogen-bond acceptors (Lipinski definition) is 4. The summed E-state index contributed by atoms with van der Waals surface area (Å²) in [4.78, 5) is 0. The van der Waals surface area contributed by atoms with Gasteiger partial charge in [-0.3, -0.25) is 0 Å². The minimum atomic E-state index is 0.0688. The van der Waals surface area contributed by atoms with Gasteiger partial charge < -0.3 is 20.9 Å². The van der Waals surface area contributed by atoms with Crippen molar-refractivity contribution < 1.29 is 9.47 Å². The van der Waals surface area contributed by atoms with E-state index in [4.69, 9.17) is 20.9 Å². The maximum Gasteiger partial charge on any atom is 0.126 e. The van der Waals surface area contributed by atoms with Crippen molar-refractivity contribution in [2.45, 2.75) is 19.8 Å². The Morgan fingerprint density at radius 1 is 1.00 bits per heavy atom. The Labute approximate surface area is 103 Å². The minimum absolute atomic E-state index is 0.0688. The summed E-state index contributed by atoms with van der Waals surface area (Å²) in [5.41, 5.74) is 12.5. The monoisotopic (exact) mass is 238 g/mol. The van der Waals surface area contributed by atoms with Gasteiger partial charge in [-0.2, -0.15) is 0 Å². The molecule has 1 aromatic rings. The number of hydrogen-bond donors (Lipinski definition) is 2. The zero-order valence-corrected chi connectivity index (χ0v) is 10.6. The molecule has 4 N–H and O–H groups in total. The van der Waals surface area contributed by atoms with E-state index >= 15 is 0 Å². The topological polar surface area (TPSA) is 70.5 Å². The summed E-state index contributed by atoms with van der Waals surface area (Å²) in [6.45, 7) is 6.12. The zero-order valence-electron chi connectivity index (χ0n) is 10.6. The molecular formula is C13H22N2O2. The fraction of sp³-hybridized carbons (Fsp3) is 0.538. The first kappa shape index (κ1) is 13.8. The quantitative estimate of drug-likeness (QED) is 0.755. The van der Waals surface area contributed by atoms with Gasteiger partial charge in [-0.05, 0) is 26.0 Å². The Morgan fingerprint density at radius 3 is 1.82 bits per heavy atom. The molecule has 1 aromatic carbocycles. The van der Waals surface area contributed by atoms with Gasteiger partial charge in [-0.15, -0.1) is 0 Å². The molecule has 0 saturated heterocycles. The molecule has 0 amide bonds. The van der Waals surface area contributed by atoms with E-state index < -0.39 is 0 Å². The van der Waals surface area contributed by atoms with E-state index in [1.165, 1.54) is 0 Å². The lowest BCUT2D eigenvalue weighted by Gasteiger charge is -2.20. The molecule has 0 saturated carbocycles. The molecule has 4 nitrogen and oxygen atoms in total. The normalized spacial score (nSPS) is 10.6. The van der Waals surface area contributed by atoms with Gasteiger partial charge in [-0.1, -0.05) is 6.07 Å².